The highest BCUT2D eigenvalue weighted by Crippen LogP contribution is 2.21. The van der Waals surface area contributed by atoms with Crippen LogP contribution < -0.4 is 37.6 Å². The number of nitrogens with two attached hydrogens (primary N) is 1. The second kappa shape index (κ2) is 23.1. The Balaban J connectivity index is 1.60. The lowest BCUT2D eigenvalue weighted by Gasteiger charge is -2.28. The van der Waals surface area contributed by atoms with Crippen molar-refractivity contribution in [2.75, 3.05) is 6.54 Å². The molecule has 3 rings (SSSR count). The maximum absolute atomic E-state index is 13.7. The van der Waals surface area contributed by atoms with Crippen LogP contribution in [-0.2, 0) is 46.4 Å². The molecule has 0 bridgehead atoms. The zero-order valence-electron chi connectivity index (χ0n) is 35.9. The molecule has 7 amide bonds. The Kier molecular flexibility index (Phi) is 18.7. The molecule has 3 aromatic rings. The predicted molar refractivity (Wildman–Crippen MR) is 225 cm³/mol. The molecule has 2 aromatic heterocycles. The molecule has 0 aliphatic rings. The predicted octanol–water partition coefficient (Wildman–Crippen LogP) is 0.857. The number of amides is 7. The van der Waals surface area contributed by atoms with Crippen molar-refractivity contribution in [1.82, 2.24) is 46.9 Å². The second-order valence-electron chi connectivity index (χ2n) is 16.7. The van der Waals surface area contributed by atoms with Crippen LogP contribution in [0, 0.1) is 23.7 Å². The number of aromatic amines is 2. The Morgan fingerprint density at radius 3 is 2.02 bits per heavy atom. The van der Waals surface area contributed by atoms with Gasteiger partial charge in [0.25, 0.3) is 0 Å². The molecule has 18 heteroatoms. The first-order chi connectivity index (χ1) is 28.2. The molecular weight excluding hydrogens is 773 g/mol. The number of primary amides is 1. The lowest BCUT2D eigenvalue weighted by atomic mass is 9.96. The molecule has 7 atom stereocenters. The number of aliphatic hydroxyl groups is 1. The van der Waals surface area contributed by atoms with Crippen molar-refractivity contribution in [3.05, 3.63) is 54.2 Å². The number of hydrogen-bond acceptors (Lipinski definition) is 9. The van der Waals surface area contributed by atoms with Gasteiger partial charge in [0.1, 0.15) is 24.2 Å². The molecule has 0 saturated carbocycles. The number of aliphatic hydroxyl groups excluding tert-OH is 1. The average molecular weight is 837 g/mol. The highest BCUT2D eigenvalue weighted by atomic mass is 16.3. The topological polar surface area (TPSA) is 282 Å². The molecule has 0 aliphatic heterocycles. The number of rotatable bonds is 24. The minimum absolute atomic E-state index is 0.0172. The van der Waals surface area contributed by atoms with Gasteiger partial charge in [-0.1, -0.05) is 66.7 Å². The lowest BCUT2D eigenvalue weighted by Crippen LogP contribution is -2.57. The molecule has 2 heterocycles. The summed E-state index contributed by atoms with van der Waals surface area (Å²) in [6.07, 6.45) is 4.00. The van der Waals surface area contributed by atoms with Crippen LogP contribution in [0.4, 0.5) is 0 Å². The smallest absolute Gasteiger partial charge is 0.243 e. The average Bonchev–Trinajstić information content (AvgIpc) is 3.84. The molecule has 330 valence electrons. The zero-order chi connectivity index (χ0) is 44.7. The molecule has 1 aromatic carbocycles. The van der Waals surface area contributed by atoms with E-state index in [2.05, 4.69) is 46.9 Å². The van der Waals surface area contributed by atoms with Gasteiger partial charge in [0.2, 0.25) is 41.4 Å². The summed E-state index contributed by atoms with van der Waals surface area (Å²) in [5.74, 6) is -5.06. The Morgan fingerprint density at radius 2 is 1.40 bits per heavy atom. The maximum Gasteiger partial charge on any atom is 0.243 e. The van der Waals surface area contributed by atoms with Gasteiger partial charge in [0.05, 0.1) is 31.4 Å². The Morgan fingerprint density at radius 1 is 0.733 bits per heavy atom. The number of imidazole rings is 1. The number of carbonyl (C=O) groups excluding carboxylic acids is 7. The Bertz CT molecular complexity index is 1910. The molecule has 0 unspecified atom stereocenters. The van der Waals surface area contributed by atoms with E-state index in [1.54, 1.807) is 20.8 Å². The van der Waals surface area contributed by atoms with E-state index in [1.165, 1.54) is 19.4 Å². The Labute approximate surface area is 351 Å². The van der Waals surface area contributed by atoms with Gasteiger partial charge >= 0.3 is 0 Å². The van der Waals surface area contributed by atoms with E-state index < -0.39 is 96.6 Å². The fraction of sp³-hybridized carbons (Fsp3) is 0.571. The Hall–Kier alpha value is -5.78. The third kappa shape index (κ3) is 15.4. The summed E-state index contributed by atoms with van der Waals surface area (Å²) in [7, 11) is 0. The summed E-state index contributed by atoms with van der Waals surface area (Å²) >= 11 is 0. The first-order valence-corrected chi connectivity index (χ1v) is 20.5. The summed E-state index contributed by atoms with van der Waals surface area (Å²) in [6, 6.07) is 2.72. The monoisotopic (exact) mass is 836 g/mol. The van der Waals surface area contributed by atoms with Crippen LogP contribution in [0.1, 0.15) is 85.9 Å². The first kappa shape index (κ1) is 48.6. The van der Waals surface area contributed by atoms with E-state index in [1.807, 2.05) is 58.2 Å². The van der Waals surface area contributed by atoms with Crippen LogP contribution in [0.25, 0.3) is 10.9 Å². The van der Waals surface area contributed by atoms with Crippen molar-refractivity contribution in [1.29, 1.82) is 0 Å². The van der Waals surface area contributed by atoms with Gasteiger partial charge in [-0.15, -0.1) is 0 Å². The third-order valence-corrected chi connectivity index (χ3v) is 10.00. The minimum atomic E-state index is -1.35. The van der Waals surface area contributed by atoms with E-state index in [9.17, 15) is 38.7 Å². The number of hydrogen-bond donors (Lipinski definition) is 10. The van der Waals surface area contributed by atoms with E-state index >= 15 is 0 Å². The van der Waals surface area contributed by atoms with Crippen LogP contribution in [0.15, 0.2) is 43.0 Å². The summed E-state index contributed by atoms with van der Waals surface area (Å²) in [6.45, 7) is 13.7. The first-order valence-electron chi connectivity index (χ1n) is 20.5. The highest BCUT2D eigenvalue weighted by molar-refractivity contribution is 5.95. The van der Waals surface area contributed by atoms with Gasteiger partial charge in [0, 0.05) is 41.3 Å². The highest BCUT2D eigenvalue weighted by Gasteiger charge is 2.32. The number of H-pyrrole nitrogens is 2. The van der Waals surface area contributed by atoms with Crippen LogP contribution >= 0.6 is 0 Å². The molecule has 18 nitrogen and oxygen atoms in total. The van der Waals surface area contributed by atoms with Gasteiger partial charge in [0.15, 0.2) is 0 Å². The number of carbonyl (C=O) groups is 7. The number of nitrogens with one attached hydrogen (secondary N) is 8. The summed E-state index contributed by atoms with van der Waals surface area (Å²) in [4.78, 5) is 101. The molecule has 0 aliphatic carbocycles. The van der Waals surface area contributed by atoms with Gasteiger partial charge in [-0.2, -0.15) is 0 Å². The standard InChI is InChI=1S/C42H64N10O8/c1-22(2)13-31(34(53)17-35(54)49-32(38(43)56)14-23(3)4)51-41(59)33(16-28-19-44-21-47-28)50-36(55)20-46-42(60)37(24(5)6)52-40(58)26(8)48-39(57)25(7)15-27-18-45-30-12-10-9-11-29(27)30/h9-12,18-19,21-26,31-34,37,45,53H,13-17,20H2,1-8H3,(H2,43,56)(H,44,47)(H,46,60)(H,48,57)(H,49,54)(H,50,55)(H,51,59)(H,52,58)/t25-,26-,31-,32-,33-,34-,37-/m0/s1. The van der Waals surface area contributed by atoms with Crippen LogP contribution in [0.5, 0.6) is 0 Å². The molecule has 11 N–H and O–H groups in total. The van der Waals surface area contributed by atoms with Crippen LogP contribution in [0.3, 0.4) is 0 Å². The quantitative estimate of drug-likeness (QED) is 0.0612. The van der Waals surface area contributed by atoms with Crippen molar-refractivity contribution < 1.29 is 38.7 Å². The zero-order valence-corrected chi connectivity index (χ0v) is 35.9. The van der Waals surface area contributed by atoms with Crippen molar-refractivity contribution in [2.45, 2.75) is 124 Å². The normalized spacial score (nSPS) is 15.0. The SMILES string of the molecule is CC(C)C[C@H](NC(=O)C[C@H](O)[C@H](CC(C)C)NC(=O)[C@H](Cc1cnc[nH]1)NC(=O)CNC(=O)[C@@H](NC(=O)[C@H](C)NC(=O)[C@@H](C)Cc1c[nH]c2ccccc12)C(C)C)C(N)=O. The van der Waals surface area contributed by atoms with E-state index in [-0.39, 0.29) is 30.6 Å². The van der Waals surface area contributed by atoms with Crippen molar-refractivity contribution in [3.63, 3.8) is 0 Å². The van der Waals surface area contributed by atoms with Crippen molar-refractivity contribution >= 4 is 52.3 Å². The van der Waals surface area contributed by atoms with Crippen LogP contribution in [-0.4, -0.2) is 104 Å². The number of benzene rings is 1. The van der Waals surface area contributed by atoms with Gasteiger partial charge < -0.3 is 52.7 Å². The number of aromatic nitrogens is 3. The molecule has 0 fully saturated rings. The molecule has 60 heavy (non-hydrogen) atoms. The largest absolute Gasteiger partial charge is 0.390 e. The molecule has 0 spiro atoms. The lowest BCUT2D eigenvalue weighted by molar-refractivity contribution is -0.134. The summed E-state index contributed by atoms with van der Waals surface area (Å²) in [5.41, 5.74) is 7.91. The number of fused-ring (bicyclic) bond motifs is 1. The van der Waals surface area contributed by atoms with Crippen molar-refractivity contribution in [3.8, 4) is 0 Å². The van der Waals surface area contributed by atoms with Gasteiger partial charge in [-0.3, -0.25) is 33.6 Å². The van der Waals surface area contributed by atoms with E-state index in [0.717, 1.165) is 16.5 Å². The van der Waals surface area contributed by atoms with Gasteiger partial charge in [-0.05, 0) is 55.6 Å². The van der Waals surface area contributed by atoms with Gasteiger partial charge in [-0.25, -0.2) is 4.98 Å². The molecule has 0 radical (unpaired) electrons. The van der Waals surface area contributed by atoms with Crippen LogP contribution in [0.2, 0.25) is 0 Å². The van der Waals surface area contributed by atoms with Crippen molar-refractivity contribution in [2.24, 2.45) is 29.4 Å². The fourth-order valence-corrected chi connectivity index (χ4v) is 6.71. The number of nitrogens with zero attached hydrogens (tertiary/aromatic N) is 1. The number of para-hydroxylation sites is 1. The summed E-state index contributed by atoms with van der Waals surface area (Å²) < 4.78 is 0. The third-order valence-electron chi connectivity index (χ3n) is 10.00. The molecule has 0 saturated heterocycles. The maximum atomic E-state index is 13.7. The fourth-order valence-electron chi connectivity index (χ4n) is 6.71. The van der Waals surface area contributed by atoms with E-state index in [4.69, 9.17) is 5.73 Å². The van der Waals surface area contributed by atoms with E-state index in [0.29, 0.717) is 18.5 Å². The minimum Gasteiger partial charge on any atom is -0.390 e. The second-order valence-corrected chi connectivity index (χ2v) is 16.7. The molecular formula is C42H64N10O8. The summed E-state index contributed by atoms with van der Waals surface area (Å²) in [5, 5.41) is 28.0.